The zero-order chi connectivity index (χ0) is 17.5. The summed E-state index contributed by atoms with van der Waals surface area (Å²) >= 11 is 0. The lowest BCUT2D eigenvalue weighted by Crippen LogP contribution is -2.46. The zero-order valence-corrected chi connectivity index (χ0v) is 14.7. The van der Waals surface area contributed by atoms with Gasteiger partial charge in [0.15, 0.2) is 0 Å². The van der Waals surface area contributed by atoms with Gasteiger partial charge in [-0.25, -0.2) is 4.79 Å². The van der Waals surface area contributed by atoms with Crippen LogP contribution in [0.5, 0.6) is 0 Å². The van der Waals surface area contributed by atoms with Gasteiger partial charge in [-0.15, -0.1) is 0 Å². The Hall–Kier alpha value is -2.04. The van der Waals surface area contributed by atoms with E-state index < -0.39 is 17.7 Å². The predicted octanol–water partition coefficient (Wildman–Crippen LogP) is 3.42. The van der Waals surface area contributed by atoms with Crippen LogP contribution in [0.2, 0.25) is 0 Å². The number of hydrogen-bond donors (Lipinski definition) is 0. The maximum absolute atomic E-state index is 12.4. The molecule has 0 saturated heterocycles. The molecule has 0 aliphatic rings. The number of carbonyl (C=O) groups is 2. The smallest absolute Gasteiger partial charge is 0.411 e. The lowest BCUT2D eigenvalue weighted by atomic mass is 10.1. The molecule has 5 heteroatoms. The van der Waals surface area contributed by atoms with Gasteiger partial charge in [0.2, 0.25) is 0 Å². The SMILES string of the molecule is CCOC(=O)CN(C(=O)OC(C)(C)C)C(C)Cc1ccccc1. The fraction of sp³-hybridized carbons (Fsp3) is 0.556. The van der Waals surface area contributed by atoms with E-state index in [2.05, 4.69) is 0 Å². The summed E-state index contributed by atoms with van der Waals surface area (Å²) < 4.78 is 10.4. The Labute approximate surface area is 138 Å². The molecule has 128 valence electrons. The van der Waals surface area contributed by atoms with E-state index in [-0.39, 0.29) is 19.2 Å². The summed E-state index contributed by atoms with van der Waals surface area (Å²) in [5, 5.41) is 0. The first kappa shape index (κ1) is 19.0. The minimum Gasteiger partial charge on any atom is -0.465 e. The lowest BCUT2D eigenvalue weighted by molar-refractivity contribution is -0.144. The number of ether oxygens (including phenoxy) is 2. The molecule has 0 bridgehead atoms. The summed E-state index contributed by atoms with van der Waals surface area (Å²) in [6.07, 6.45) is 0.133. The quantitative estimate of drug-likeness (QED) is 0.753. The first-order chi connectivity index (χ1) is 10.7. The number of rotatable bonds is 6. The highest BCUT2D eigenvalue weighted by molar-refractivity contribution is 5.78. The van der Waals surface area contributed by atoms with Crippen molar-refractivity contribution in [1.82, 2.24) is 4.90 Å². The first-order valence-corrected chi connectivity index (χ1v) is 7.92. The van der Waals surface area contributed by atoms with Gasteiger partial charge in [-0.3, -0.25) is 9.69 Å². The van der Waals surface area contributed by atoms with Crippen LogP contribution >= 0.6 is 0 Å². The first-order valence-electron chi connectivity index (χ1n) is 7.92. The van der Waals surface area contributed by atoms with Gasteiger partial charge in [-0.05, 0) is 46.6 Å². The second-order valence-electron chi connectivity index (χ2n) is 6.45. The highest BCUT2D eigenvalue weighted by atomic mass is 16.6. The summed E-state index contributed by atoms with van der Waals surface area (Å²) in [7, 11) is 0. The molecule has 0 aliphatic heterocycles. The van der Waals surface area contributed by atoms with Crippen molar-refractivity contribution in [1.29, 1.82) is 0 Å². The number of carbonyl (C=O) groups excluding carboxylic acids is 2. The molecular formula is C18H27NO4. The Morgan fingerprint density at radius 3 is 2.30 bits per heavy atom. The van der Waals surface area contributed by atoms with Gasteiger partial charge in [0.1, 0.15) is 12.1 Å². The molecule has 0 aliphatic carbocycles. The molecule has 23 heavy (non-hydrogen) atoms. The van der Waals surface area contributed by atoms with Crippen molar-refractivity contribution in [3.63, 3.8) is 0 Å². The van der Waals surface area contributed by atoms with Gasteiger partial charge in [-0.1, -0.05) is 30.3 Å². The molecule has 1 atom stereocenters. The Kier molecular flexibility index (Phi) is 7.07. The van der Waals surface area contributed by atoms with Crippen LogP contribution in [-0.2, 0) is 20.7 Å². The monoisotopic (exact) mass is 321 g/mol. The molecule has 0 radical (unpaired) electrons. The van der Waals surface area contributed by atoms with Gasteiger partial charge < -0.3 is 9.47 Å². The Morgan fingerprint density at radius 1 is 1.17 bits per heavy atom. The molecule has 0 N–H and O–H groups in total. The molecule has 5 nitrogen and oxygen atoms in total. The minimum atomic E-state index is -0.615. The van der Waals surface area contributed by atoms with E-state index in [1.165, 1.54) is 4.90 Å². The average molecular weight is 321 g/mol. The fourth-order valence-corrected chi connectivity index (χ4v) is 2.13. The van der Waals surface area contributed by atoms with Gasteiger partial charge in [-0.2, -0.15) is 0 Å². The second kappa shape index (κ2) is 8.56. The summed E-state index contributed by atoms with van der Waals surface area (Å²) in [4.78, 5) is 25.7. The molecule has 0 heterocycles. The van der Waals surface area contributed by atoms with Crippen LogP contribution in [0, 0.1) is 0 Å². The minimum absolute atomic E-state index is 0.114. The van der Waals surface area contributed by atoms with Crippen molar-refractivity contribution in [3.05, 3.63) is 35.9 Å². The van der Waals surface area contributed by atoms with E-state index in [9.17, 15) is 9.59 Å². The van der Waals surface area contributed by atoms with Crippen molar-refractivity contribution in [3.8, 4) is 0 Å². The molecule has 0 fully saturated rings. The van der Waals surface area contributed by atoms with Gasteiger partial charge in [0, 0.05) is 6.04 Å². The number of benzene rings is 1. The van der Waals surface area contributed by atoms with Crippen LogP contribution in [0.15, 0.2) is 30.3 Å². The van der Waals surface area contributed by atoms with Crippen LogP contribution < -0.4 is 0 Å². The highest BCUT2D eigenvalue weighted by Crippen LogP contribution is 2.15. The normalized spacial score (nSPS) is 12.4. The highest BCUT2D eigenvalue weighted by Gasteiger charge is 2.28. The van der Waals surface area contributed by atoms with Crippen LogP contribution in [0.25, 0.3) is 0 Å². The third-order valence-electron chi connectivity index (χ3n) is 3.14. The summed E-state index contributed by atoms with van der Waals surface area (Å²) in [6.45, 7) is 9.21. The van der Waals surface area contributed by atoms with Crippen LogP contribution in [0.4, 0.5) is 4.79 Å². The standard InChI is InChI=1S/C18H27NO4/c1-6-22-16(20)13-19(17(21)23-18(3,4)5)14(2)12-15-10-8-7-9-11-15/h7-11,14H,6,12-13H2,1-5H3. The van der Waals surface area contributed by atoms with Gasteiger partial charge in [0.25, 0.3) is 0 Å². The molecule has 0 saturated carbocycles. The molecule has 0 spiro atoms. The third-order valence-corrected chi connectivity index (χ3v) is 3.14. The van der Waals surface area contributed by atoms with Crippen LogP contribution in [0.3, 0.4) is 0 Å². The number of hydrogen-bond acceptors (Lipinski definition) is 4. The average Bonchev–Trinajstić information content (AvgIpc) is 2.44. The van der Waals surface area contributed by atoms with E-state index in [0.717, 1.165) is 5.56 Å². The maximum atomic E-state index is 12.4. The van der Waals surface area contributed by atoms with Crippen molar-refractivity contribution in [2.75, 3.05) is 13.2 Å². The van der Waals surface area contributed by atoms with Crippen molar-refractivity contribution >= 4 is 12.1 Å². The summed E-state index contributed by atoms with van der Waals surface area (Å²) in [6, 6.07) is 9.65. The molecule has 1 amide bonds. The molecule has 1 unspecified atom stereocenters. The molecule has 1 rings (SSSR count). The van der Waals surface area contributed by atoms with E-state index in [0.29, 0.717) is 6.42 Å². The van der Waals surface area contributed by atoms with E-state index in [1.807, 2.05) is 37.3 Å². The van der Waals surface area contributed by atoms with Crippen LogP contribution in [-0.4, -0.2) is 41.8 Å². The van der Waals surface area contributed by atoms with Crippen molar-refractivity contribution in [2.45, 2.75) is 52.7 Å². The van der Waals surface area contributed by atoms with Crippen LogP contribution in [0.1, 0.15) is 40.2 Å². The van der Waals surface area contributed by atoms with E-state index >= 15 is 0 Å². The summed E-state index contributed by atoms with van der Waals surface area (Å²) in [5.41, 5.74) is 0.480. The van der Waals surface area contributed by atoms with Gasteiger partial charge in [0.05, 0.1) is 6.61 Å². The molecule has 0 aromatic heterocycles. The van der Waals surface area contributed by atoms with Crippen molar-refractivity contribution in [2.24, 2.45) is 0 Å². The zero-order valence-electron chi connectivity index (χ0n) is 14.7. The Morgan fingerprint density at radius 2 is 1.78 bits per heavy atom. The fourth-order valence-electron chi connectivity index (χ4n) is 2.13. The van der Waals surface area contributed by atoms with E-state index in [1.54, 1.807) is 27.7 Å². The summed E-state index contributed by atoms with van der Waals surface area (Å²) in [5.74, 6) is -0.432. The lowest BCUT2D eigenvalue weighted by Gasteiger charge is -2.31. The Bertz CT molecular complexity index is 508. The number of esters is 1. The number of amides is 1. The topological polar surface area (TPSA) is 55.8 Å². The second-order valence-corrected chi connectivity index (χ2v) is 6.45. The molecule has 1 aromatic carbocycles. The van der Waals surface area contributed by atoms with Gasteiger partial charge >= 0.3 is 12.1 Å². The Balaban J connectivity index is 2.84. The van der Waals surface area contributed by atoms with E-state index in [4.69, 9.17) is 9.47 Å². The third kappa shape index (κ3) is 7.17. The predicted molar refractivity (Wildman–Crippen MR) is 89.2 cm³/mol. The molecule has 1 aromatic rings. The molecular weight excluding hydrogens is 294 g/mol. The largest absolute Gasteiger partial charge is 0.465 e. The number of nitrogens with zero attached hydrogens (tertiary/aromatic N) is 1. The van der Waals surface area contributed by atoms with Crippen molar-refractivity contribution < 1.29 is 19.1 Å². The maximum Gasteiger partial charge on any atom is 0.411 e.